The molecule has 0 aromatic heterocycles. The standard InChI is InChI=1S/C16H24O3/c1-18-12-11-13-7-9-14(10-8-13)19-16-6-4-2-3-5-15(16)17/h7-10,15-17H,2-6,11-12H2,1H3. The monoisotopic (exact) mass is 264 g/mol. The zero-order chi connectivity index (χ0) is 13.5. The second kappa shape index (κ2) is 7.51. The fraction of sp³-hybridized carbons (Fsp3) is 0.625. The third-order valence-electron chi connectivity index (χ3n) is 3.72. The van der Waals surface area contributed by atoms with Gasteiger partial charge in [-0.1, -0.05) is 25.0 Å². The minimum absolute atomic E-state index is 0.0488. The number of ether oxygens (including phenoxy) is 2. The number of rotatable bonds is 5. The van der Waals surface area contributed by atoms with Gasteiger partial charge >= 0.3 is 0 Å². The van der Waals surface area contributed by atoms with Crippen molar-refractivity contribution in [3.8, 4) is 5.75 Å². The van der Waals surface area contributed by atoms with Gasteiger partial charge in [0, 0.05) is 7.11 Å². The number of hydrogen-bond donors (Lipinski definition) is 1. The Bertz CT molecular complexity index is 361. The summed E-state index contributed by atoms with van der Waals surface area (Å²) in [5, 5.41) is 10.0. The molecule has 0 spiro atoms. The molecule has 0 aliphatic heterocycles. The Labute approximate surface area is 115 Å². The third-order valence-corrected chi connectivity index (χ3v) is 3.72. The number of aliphatic hydroxyl groups is 1. The molecule has 0 bridgehead atoms. The van der Waals surface area contributed by atoms with E-state index in [1.807, 2.05) is 12.1 Å². The highest BCUT2D eigenvalue weighted by Gasteiger charge is 2.23. The Morgan fingerprint density at radius 1 is 1.11 bits per heavy atom. The van der Waals surface area contributed by atoms with Gasteiger partial charge < -0.3 is 14.6 Å². The lowest BCUT2D eigenvalue weighted by atomic mass is 10.1. The zero-order valence-electron chi connectivity index (χ0n) is 11.7. The number of methoxy groups -OCH3 is 1. The molecule has 1 N–H and O–H groups in total. The van der Waals surface area contributed by atoms with Gasteiger partial charge in [-0.2, -0.15) is 0 Å². The van der Waals surface area contributed by atoms with Gasteiger partial charge in [-0.3, -0.25) is 0 Å². The number of hydrogen-bond acceptors (Lipinski definition) is 3. The summed E-state index contributed by atoms with van der Waals surface area (Å²) in [4.78, 5) is 0. The van der Waals surface area contributed by atoms with Gasteiger partial charge in [0.05, 0.1) is 12.7 Å². The van der Waals surface area contributed by atoms with Gasteiger partial charge in [0.15, 0.2) is 0 Å². The molecular formula is C16H24O3. The van der Waals surface area contributed by atoms with Crippen LogP contribution in [-0.2, 0) is 11.2 Å². The smallest absolute Gasteiger partial charge is 0.124 e. The predicted molar refractivity (Wildman–Crippen MR) is 75.5 cm³/mol. The minimum Gasteiger partial charge on any atom is -0.488 e. The molecule has 1 aromatic rings. The van der Waals surface area contributed by atoms with E-state index in [-0.39, 0.29) is 12.2 Å². The van der Waals surface area contributed by atoms with Crippen LogP contribution >= 0.6 is 0 Å². The van der Waals surface area contributed by atoms with Crippen molar-refractivity contribution in [1.82, 2.24) is 0 Å². The molecule has 2 rings (SSSR count). The van der Waals surface area contributed by atoms with Gasteiger partial charge in [-0.05, 0) is 43.4 Å². The summed E-state index contributed by atoms with van der Waals surface area (Å²) in [6.45, 7) is 0.738. The summed E-state index contributed by atoms with van der Waals surface area (Å²) >= 11 is 0. The third kappa shape index (κ3) is 4.51. The molecule has 1 fully saturated rings. The average molecular weight is 264 g/mol. The maximum absolute atomic E-state index is 10.0. The van der Waals surface area contributed by atoms with E-state index in [1.54, 1.807) is 7.11 Å². The van der Waals surface area contributed by atoms with Gasteiger partial charge in [0.25, 0.3) is 0 Å². The summed E-state index contributed by atoms with van der Waals surface area (Å²) in [7, 11) is 1.71. The van der Waals surface area contributed by atoms with Crippen molar-refractivity contribution >= 4 is 0 Å². The maximum Gasteiger partial charge on any atom is 0.124 e. The van der Waals surface area contributed by atoms with Crippen LogP contribution in [0.3, 0.4) is 0 Å². The Morgan fingerprint density at radius 2 is 1.84 bits per heavy atom. The molecule has 19 heavy (non-hydrogen) atoms. The Hall–Kier alpha value is -1.06. The molecule has 3 heteroatoms. The summed E-state index contributed by atoms with van der Waals surface area (Å²) < 4.78 is 11.0. The summed E-state index contributed by atoms with van der Waals surface area (Å²) in [5.74, 6) is 0.854. The molecule has 1 saturated carbocycles. The topological polar surface area (TPSA) is 38.7 Å². The van der Waals surface area contributed by atoms with E-state index in [9.17, 15) is 5.11 Å². The summed E-state index contributed by atoms with van der Waals surface area (Å²) in [6, 6.07) is 8.11. The molecule has 0 radical (unpaired) electrons. The highest BCUT2D eigenvalue weighted by molar-refractivity contribution is 5.27. The van der Waals surface area contributed by atoms with E-state index in [1.165, 1.54) is 12.0 Å². The van der Waals surface area contributed by atoms with Crippen molar-refractivity contribution in [3.63, 3.8) is 0 Å². The van der Waals surface area contributed by atoms with Crippen molar-refractivity contribution in [2.45, 2.75) is 50.7 Å². The molecule has 0 amide bonds. The van der Waals surface area contributed by atoms with E-state index in [2.05, 4.69) is 12.1 Å². The van der Waals surface area contributed by atoms with Gasteiger partial charge in [0.2, 0.25) is 0 Å². The fourth-order valence-corrected chi connectivity index (χ4v) is 2.52. The highest BCUT2D eigenvalue weighted by atomic mass is 16.5. The van der Waals surface area contributed by atoms with Crippen LogP contribution in [0.5, 0.6) is 5.75 Å². The normalized spacial score (nSPS) is 23.9. The van der Waals surface area contributed by atoms with Crippen LogP contribution < -0.4 is 4.74 Å². The van der Waals surface area contributed by atoms with Crippen LogP contribution in [0.1, 0.15) is 37.7 Å². The van der Waals surface area contributed by atoms with E-state index in [4.69, 9.17) is 9.47 Å². The average Bonchev–Trinajstić information content (AvgIpc) is 2.63. The van der Waals surface area contributed by atoms with E-state index >= 15 is 0 Å². The van der Waals surface area contributed by atoms with Crippen LogP contribution in [-0.4, -0.2) is 31.0 Å². The van der Waals surface area contributed by atoms with Crippen LogP contribution in [0.2, 0.25) is 0 Å². The first-order chi connectivity index (χ1) is 9.29. The summed E-state index contributed by atoms with van der Waals surface area (Å²) in [6.07, 6.45) is 5.81. The lowest BCUT2D eigenvalue weighted by Gasteiger charge is -2.22. The first-order valence-electron chi connectivity index (χ1n) is 7.22. The van der Waals surface area contributed by atoms with Crippen molar-refractivity contribution < 1.29 is 14.6 Å². The first kappa shape index (κ1) is 14.4. The molecule has 0 heterocycles. The number of aliphatic hydroxyl groups excluding tert-OH is 1. The number of benzene rings is 1. The lowest BCUT2D eigenvalue weighted by Crippen LogP contribution is -2.30. The van der Waals surface area contributed by atoms with E-state index in [0.717, 1.165) is 44.5 Å². The molecule has 2 atom stereocenters. The van der Waals surface area contributed by atoms with Crippen LogP contribution in [0, 0.1) is 0 Å². The lowest BCUT2D eigenvalue weighted by molar-refractivity contribution is 0.0320. The quantitative estimate of drug-likeness (QED) is 0.831. The molecular weight excluding hydrogens is 240 g/mol. The van der Waals surface area contributed by atoms with E-state index in [0.29, 0.717) is 0 Å². The molecule has 0 saturated heterocycles. The molecule has 1 aliphatic carbocycles. The Morgan fingerprint density at radius 3 is 2.58 bits per heavy atom. The van der Waals surface area contributed by atoms with Gasteiger partial charge in [-0.25, -0.2) is 0 Å². The van der Waals surface area contributed by atoms with Crippen molar-refractivity contribution in [2.75, 3.05) is 13.7 Å². The fourth-order valence-electron chi connectivity index (χ4n) is 2.52. The maximum atomic E-state index is 10.0. The summed E-state index contributed by atoms with van der Waals surface area (Å²) in [5.41, 5.74) is 1.25. The molecule has 3 nitrogen and oxygen atoms in total. The van der Waals surface area contributed by atoms with Crippen molar-refractivity contribution in [2.24, 2.45) is 0 Å². The molecule has 106 valence electrons. The Balaban J connectivity index is 1.90. The van der Waals surface area contributed by atoms with Crippen LogP contribution in [0.15, 0.2) is 24.3 Å². The second-order valence-corrected chi connectivity index (χ2v) is 5.25. The molecule has 2 unspecified atom stereocenters. The largest absolute Gasteiger partial charge is 0.488 e. The Kier molecular flexibility index (Phi) is 5.67. The van der Waals surface area contributed by atoms with Crippen molar-refractivity contribution in [1.29, 1.82) is 0 Å². The second-order valence-electron chi connectivity index (χ2n) is 5.25. The van der Waals surface area contributed by atoms with Gasteiger partial charge in [0.1, 0.15) is 11.9 Å². The van der Waals surface area contributed by atoms with Crippen LogP contribution in [0.4, 0.5) is 0 Å². The SMILES string of the molecule is COCCc1ccc(OC2CCCCCC2O)cc1. The molecule has 1 aromatic carbocycles. The predicted octanol–water partition coefficient (Wildman–Crippen LogP) is 2.95. The first-order valence-corrected chi connectivity index (χ1v) is 7.22. The van der Waals surface area contributed by atoms with E-state index < -0.39 is 0 Å². The minimum atomic E-state index is -0.323. The van der Waals surface area contributed by atoms with Gasteiger partial charge in [-0.15, -0.1) is 0 Å². The zero-order valence-corrected chi connectivity index (χ0v) is 11.7. The van der Waals surface area contributed by atoms with Crippen molar-refractivity contribution in [3.05, 3.63) is 29.8 Å². The van der Waals surface area contributed by atoms with Crippen LogP contribution in [0.25, 0.3) is 0 Å². The molecule has 1 aliphatic rings. The highest BCUT2D eigenvalue weighted by Crippen LogP contribution is 2.23.